The van der Waals surface area contributed by atoms with Gasteiger partial charge in [0.15, 0.2) is 0 Å². The van der Waals surface area contributed by atoms with Crippen molar-refractivity contribution in [3.05, 3.63) is 0 Å². The van der Waals surface area contributed by atoms with E-state index in [1.807, 2.05) is 6.92 Å². The van der Waals surface area contributed by atoms with Crippen molar-refractivity contribution in [3.8, 4) is 0 Å². The maximum atomic E-state index is 11.3. The Morgan fingerprint density at radius 3 is 2.46 bits per heavy atom. The molecule has 1 saturated heterocycles. The molecule has 0 spiro atoms. The lowest BCUT2D eigenvalue weighted by atomic mass is 10.0. The molecule has 0 unspecified atom stereocenters. The Kier molecular flexibility index (Phi) is 2.32. The number of carbonyl (C=O) groups is 2. The summed E-state index contributed by atoms with van der Waals surface area (Å²) in [4.78, 5) is 23.8. The summed E-state index contributed by atoms with van der Waals surface area (Å²) in [6.07, 6.45) is -0.195. The van der Waals surface area contributed by atoms with E-state index in [1.54, 1.807) is 20.8 Å². The van der Waals surface area contributed by atoms with Crippen LogP contribution in [0, 0.1) is 0 Å². The smallest absolute Gasteiger partial charge is 0.417 e. The fourth-order valence-electron chi connectivity index (χ4n) is 1.32. The van der Waals surface area contributed by atoms with Gasteiger partial charge in [-0.25, -0.2) is 9.69 Å². The molecule has 1 aliphatic heterocycles. The van der Waals surface area contributed by atoms with E-state index in [0.717, 1.165) is 0 Å². The molecule has 0 aromatic rings. The Bertz CT molecular complexity index is 247. The van der Waals surface area contributed by atoms with Gasteiger partial charge < -0.3 is 4.74 Å². The fourth-order valence-corrected chi connectivity index (χ4v) is 1.32. The van der Waals surface area contributed by atoms with Crippen LogP contribution in [-0.2, 0) is 9.53 Å². The van der Waals surface area contributed by atoms with Gasteiger partial charge in [-0.3, -0.25) is 4.79 Å². The second kappa shape index (κ2) is 3.01. The van der Waals surface area contributed by atoms with Crippen molar-refractivity contribution in [3.63, 3.8) is 0 Å². The molecule has 1 atom stereocenters. The molecule has 0 aromatic heterocycles. The molecular weight excluding hydrogens is 170 g/mol. The Morgan fingerprint density at radius 1 is 1.62 bits per heavy atom. The highest BCUT2D eigenvalue weighted by atomic mass is 16.6. The lowest BCUT2D eigenvalue weighted by Crippen LogP contribution is -2.42. The van der Waals surface area contributed by atoms with Gasteiger partial charge in [-0.1, -0.05) is 6.92 Å². The van der Waals surface area contributed by atoms with Gasteiger partial charge in [0.25, 0.3) is 0 Å². The van der Waals surface area contributed by atoms with Gasteiger partial charge in [0.05, 0.1) is 6.04 Å². The zero-order chi connectivity index (χ0) is 10.2. The lowest BCUT2D eigenvalue weighted by molar-refractivity contribution is -0.129. The molecule has 4 heteroatoms. The summed E-state index contributed by atoms with van der Waals surface area (Å²) in [5.41, 5.74) is -0.568. The Labute approximate surface area is 77.8 Å². The second-order valence-corrected chi connectivity index (χ2v) is 3.76. The summed E-state index contributed by atoms with van der Waals surface area (Å²) < 4.78 is 5.06. The minimum absolute atomic E-state index is 0.178. The van der Waals surface area contributed by atoms with Crippen LogP contribution in [0.3, 0.4) is 0 Å². The predicted molar refractivity (Wildman–Crippen MR) is 47.2 cm³/mol. The first-order chi connectivity index (χ1) is 5.90. The summed E-state index contributed by atoms with van der Waals surface area (Å²) in [5, 5.41) is 0. The van der Waals surface area contributed by atoms with Gasteiger partial charge in [-0.15, -0.1) is 0 Å². The van der Waals surface area contributed by atoms with Crippen molar-refractivity contribution in [2.24, 2.45) is 0 Å². The zero-order valence-electron chi connectivity index (χ0n) is 8.46. The maximum absolute atomic E-state index is 11.3. The van der Waals surface area contributed by atoms with Gasteiger partial charge in [0.1, 0.15) is 5.60 Å². The summed E-state index contributed by atoms with van der Waals surface area (Å²) in [7, 11) is 0. The van der Waals surface area contributed by atoms with Crippen LogP contribution in [0.5, 0.6) is 0 Å². The minimum Gasteiger partial charge on any atom is -0.441 e. The molecule has 0 aromatic carbocycles. The number of amides is 2. The Balaban J connectivity index is 2.88. The molecule has 4 nitrogen and oxygen atoms in total. The Morgan fingerprint density at radius 2 is 2.15 bits per heavy atom. The van der Waals surface area contributed by atoms with E-state index in [9.17, 15) is 9.59 Å². The first kappa shape index (κ1) is 10.0. The third kappa shape index (κ3) is 1.53. The van der Waals surface area contributed by atoms with E-state index < -0.39 is 11.7 Å². The van der Waals surface area contributed by atoms with Crippen molar-refractivity contribution in [2.75, 3.05) is 0 Å². The highest BCUT2D eigenvalue weighted by Crippen LogP contribution is 2.29. The topological polar surface area (TPSA) is 46.6 Å². The molecule has 1 heterocycles. The number of nitrogens with zero attached hydrogens (tertiary/aromatic N) is 1. The van der Waals surface area contributed by atoms with Crippen LogP contribution in [0.25, 0.3) is 0 Å². The van der Waals surface area contributed by atoms with Crippen LogP contribution < -0.4 is 0 Å². The van der Waals surface area contributed by atoms with Crippen molar-refractivity contribution in [1.29, 1.82) is 0 Å². The first-order valence-electron chi connectivity index (χ1n) is 4.45. The number of cyclic esters (lactones) is 1. The van der Waals surface area contributed by atoms with Crippen LogP contribution >= 0.6 is 0 Å². The third-order valence-corrected chi connectivity index (χ3v) is 2.51. The van der Waals surface area contributed by atoms with Gasteiger partial charge in [-0.2, -0.15) is 0 Å². The summed E-state index contributed by atoms with van der Waals surface area (Å²) in [6.45, 7) is 7.16. The van der Waals surface area contributed by atoms with Crippen LogP contribution in [0.1, 0.15) is 34.1 Å². The van der Waals surface area contributed by atoms with E-state index in [4.69, 9.17) is 4.74 Å². The van der Waals surface area contributed by atoms with E-state index in [0.29, 0.717) is 6.42 Å². The van der Waals surface area contributed by atoms with Gasteiger partial charge in [0, 0.05) is 6.42 Å². The molecule has 0 saturated carbocycles. The van der Waals surface area contributed by atoms with Crippen LogP contribution in [0.15, 0.2) is 0 Å². The normalized spacial score (nSPS) is 26.0. The van der Waals surface area contributed by atoms with Crippen molar-refractivity contribution >= 4 is 12.0 Å². The van der Waals surface area contributed by atoms with E-state index in [-0.39, 0.29) is 11.9 Å². The summed E-state index contributed by atoms with van der Waals surface area (Å²) >= 11 is 0. The number of carbonyl (C=O) groups excluding carboxylic acids is 2. The molecular formula is C9H15NO3. The number of hydrogen-bond donors (Lipinski definition) is 0. The van der Waals surface area contributed by atoms with E-state index in [1.165, 1.54) is 4.90 Å². The molecule has 0 bridgehead atoms. The molecule has 1 rings (SSSR count). The van der Waals surface area contributed by atoms with Crippen molar-refractivity contribution < 1.29 is 14.3 Å². The predicted octanol–water partition coefficient (Wildman–Crippen LogP) is 1.54. The van der Waals surface area contributed by atoms with Crippen LogP contribution in [-0.4, -0.2) is 28.5 Å². The monoisotopic (exact) mass is 185 g/mol. The van der Waals surface area contributed by atoms with Crippen molar-refractivity contribution in [2.45, 2.75) is 45.8 Å². The average molecular weight is 185 g/mol. The molecule has 74 valence electrons. The first-order valence-corrected chi connectivity index (χ1v) is 4.45. The number of ether oxygens (including phenoxy) is 1. The van der Waals surface area contributed by atoms with E-state index >= 15 is 0 Å². The summed E-state index contributed by atoms with van der Waals surface area (Å²) in [5.74, 6) is -0.178. The highest BCUT2D eigenvalue weighted by Gasteiger charge is 2.47. The molecule has 0 radical (unpaired) electrons. The van der Waals surface area contributed by atoms with E-state index in [2.05, 4.69) is 0 Å². The van der Waals surface area contributed by atoms with Crippen LogP contribution in [0.4, 0.5) is 4.79 Å². The standard InChI is InChI=1S/C9H15NO3/c1-5-7(11)10-6(2)9(3,4)13-8(10)12/h6H,5H2,1-4H3/t6-/m0/s1. The van der Waals surface area contributed by atoms with Gasteiger partial charge in [0.2, 0.25) is 5.91 Å². The molecule has 0 N–H and O–H groups in total. The number of rotatable bonds is 1. The second-order valence-electron chi connectivity index (χ2n) is 3.76. The lowest BCUT2D eigenvalue weighted by Gasteiger charge is -2.23. The quantitative estimate of drug-likeness (QED) is 0.622. The molecule has 1 fully saturated rings. The SMILES string of the molecule is CCC(=O)N1C(=O)OC(C)(C)[C@@H]1C. The molecule has 0 aliphatic carbocycles. The van der Waals surface area contributed by atoms with Gasteiger partial charge in [-0.05, 0) is 20.8 Å². The maximum Gasteiger partial charge on any atom is 0.417 e. The molecule has 1 aliphatic rings. The number of imide groups is 1. The zero-order valence-corrected chi connectivity index (χ0v) is 8.46. The fraction of sp³-hybridized carbons (Fsp3) is 0.778. The minimum atomic E-state index is -0.568. The van der Waals surface area contributed by atoms with Crippen LogP contribution in [0.2, 0.25) is 0 Å². The summed E-state index contributed by atoms with van der Waals surface area (Å²) in [6, 6.07) is -0.188. The molecule has 2 amide bonds. The largest absolute Gasteiger partial charge is 0.441 e. The van der Waals surface area contributed by atoms with Gasteiger partial charge >= 0.3 is 6.09 Å². The highest BCUT2D eigenvalue weighted by molar-refractivity contribution is 5.93. The molecule has 13 heavy (non-hydrogen) atoms. The average Bonchev–Trinajstić information content (AvgIpc) is 2.21. The third-order valence-electron chi connectivity index (χ3n) is 2.51. The Hall–Kier alpha value is -1.06. The van der Waals surface area contributed by atoms with Crippen molar-refractivity contribution in [1.82, 2.24) is 4.90 Å². The number of hydrogen-bond acceptors (Lipinski definition) is 3.